The van der Waals surface area contributed by atoms with Gasteiger partial charge in [-0.15, -0.1) is 0 Å². The largest absolute Gasteiger partial charge is 0.351 e. The van der Waals surface area contributed by atoms with E-state index in [-0.39, 0.29) is 17.9 Å². The molecule has 1 N–H and O–H groups in total. The van der Waals surface area contributed by atoms with E-state index in [4.69, 9.17) is 0 Å². The van der Waals surface area contributed by atoms with E-state index in [9.17, 15) is 9.59 Å². The van der Waals surface area contributed by atoms with Crippen molar-refractivity contribution in [1.82, 2.24) is 20.2 Å². The Labute approximate surface area is 138 Å². The van der Waals surface area contributed by atoms with Gasteiger partial charge < -0.3 is 10.2 Å². The molecule has 0 aliphatic carbocycles. The second-order valence-electron chi connectivity index (χ2n) is 5.51. The van der Waals surface area contributed by atoms with Gasteiger partial charge in [0.25, 0.3) is 5.91 Å². The van der Waals surface area contributed by atoms with Crippen LogP contribution in [-0.2, 0) is 11.3 Å². The van der Waals surface area contributed by atoms with Crippen molar-refractivity contribution in [3.63, 3.8) is 0 Å². The Morgan fingerprint density at radius 1 is 1.43 bits per heavy atom. The van der Waals surface area contributed by atoms with Gasteiger partial charge in [0.15, 0.2) is 0 Å². The van der Waals surface area contributed by atoms with Crippen LogP contribution in [0.15, 0.2) is 29.2 Å². The molecule has 1 saturated heterocycles. The molecule has 1 aliphatic heterocycles. The number of aromatic nitrogens is 2. The molecule has 1 atom stereocenters. The maximum atomic E-state index is 12.6. The number of carbonyl (C=O) groups excluding carboxylic acids is 2. The zero-order valence-electron chi connectivity index (χ0n) is 12.9. The van der Waals surface area contributed by atoms with Gasteiger partial charge in [0.2, 0.25) is 5.91 Å². The van der Waals surface area contributed by atoms with Crippen LogP contribution in [0.2, 0.25) is 0 Å². The van der Waals surface area contributed by atoms with Crippen LogP contribution in [0.4, 0.5) is 0 Å². The summed E-state index contributed by atoms with van der Waals surface area (Å²) in [5.41, 5.74) is 2.21. The molecule has 3 rings (SSSR count). The molecule has 23 heavy (non-hydrogen) atoms. The molecule has 1 aliphatic rings. The second kappa shape index (κ2) is 6.87. The quantitative estimate of drug-likeness (QED) is 0.932. The summed E-state index contributed by atoms with van der Waals surface area (Å²) in [6.45, 7) is 2.55. The molecule has 7 heteroatoms. The van der Waals surface area contributed by atoms with Crippen LogP contribution in [-0.4, -0.2) is 33.2 Å². The highest BCUT2D eigenvalue weighted by atomic mass is 32.1. The first-order chi connectivity index (χ1) is 11.1. The molecule has 0 aromatic carbocycles. The number of rotatable bonds is 4. The van der Waals surface area contributed by atoms with Crippen molar-refractivity contribution in [3.8, 4) is 0 Å². The maximum absolute atomic E-state index is 12.6. The fourth-order valence-corrected chi connectivity index (χ4v) is 3.38. The van der Waals surface area contributed by atoms with Crippen molar-refractivity contribution >= 4 is 23.2 Å². The molecule has 2 aromatic heterocycles. The molecule has 0 unspecified atom stereocenters. The maximum Gasteiger partial charge on any atom is 0.255 e. The number of hydrogen-bond donors (Lipinski definition) is 1. The van der Waals surface area contributed by atoms with E-state index >= 15 is 0 Å². The van der Waals surface area contributed by atoms with E-state index < -0.39 is 0 Å². The molecule has 6 nitrogen and oxygen atoms in total. The minimum absolute atomic E-state index is 0.0443. The topological polar surface area (TPSA) is 75.2 Å². The zero-order valence-corrected chi connectivity index (χ0v) is 13.7. The van der Waals surface area contributed by atoms with Gasteiger partial charge in [0, 0.05) is 18.8 Å². The van der Waals surface area contributed by atoms with Crippen LogP contribution in [0.25, 0.3) is 0 Å². The number of likely N-dealkylation sites (tertiary alicyclic amines) is 1. The van der Waals surface area contributed by atoms with Gasteiger partial charge in [-0.05, 0) is 24.3 Å². The smallest absolute Gasteiger partial charge is 0.255 e. The molecular weight excluding hydrogens is 312 g/mol. The normalized spacial score (nSPS) is 17.3. The van der Waals surface area contributed by atoms with E-state index in [1.165, 1.54) is 18.3 Å². The predicted octanol–water partition coefficient (Wildman–Crippen LogP) is 2.15. The third kappa shape index (κ3) is 3.56. The van der Waals surface area contributed by atoms with Gasteiger partial charge in [-0.1, -0.05) is 0 Å². The highest BCUT2D eigenvalue weighted by Crippen LogP contribution is 2.32. The summed E-state index contributed by atoms with van der Waals surface area (Å²) in [6, 6.07) is 1.80. The summed E-state index contributed by atoms with van der Waals surface area (Å²) in [7, 11) is 0. The van der Waals surface area contributed by atoms with Crippen molar-refractivity contribution in [2.45, 2.75) is 32.4 Å². The summed E-state index contributed by atoms with van der Waals surface area (Å²) in [6.07, 6.45) is 5.19. The van der Waals surface area contributed by atoms with Gasteiger partial charge in [-0.3, -0.25) is 19.6 Å². The van der Waals surface area contributed by atoms with Gasteiger partial charge in [0.05, 0.1) is 41.9 Å². The van der Waals surface area contributed by atoms with Crippen LogP contribution < -0.4 is 5.32 Å². The standard InChI is InChI=1S/C16H18N4O2S/c1-11(21)18-8-13-7-17-9-14(19-13)15-3-2-5-20(15)16(22)12-4-6-23-10-12/h4,6-7,9-10,15H,2-3,5,8H2,1H3,(H,18,21)/t15-/m1/s1. The molecule has 120 valence electrons. The number of carbonyl (C=O) groups is 2. The first-order valence-electron chi connectivity index (χ1n) is 7.53. The Bertz CT molecular complexity index is 702. The Balaban J connectivity index is 1.78. The van der Waals surface area contributed by atoms with Gasteiger partial charge in [-0.2, -0.15) is 11.3 Å². The SMILES string of the molecule is CC(=O)NCc1cncc([C@H]2CCCN2C(=O)c2ccsc2)n1. The summed E-state index contributed by atoms with van der Waals surface area (Å²) < 4.78 is 0. The summed E-state index contributed by atoms with van der Waals surface area (Å²) >= 11 is 1.52. The lowest BCUT2D eigenvalue weighted by Gasteiger charge is -2.24. The molecule has 0 saturated carbocycles. The number of thiophene rings is 1. The highest BCUT2D eigenvalue weighted by Gasteiger charge is 2.32. The molecule has 1 fully saturated rings. The molecule has 2 aromatic rings. The van der Waals surface area contributed by atoms with Crippen LogP contribution in [0.5, 0.6) is 0 Å². The van der Waals surface area contributed by atoms with Crippen molar-refractivity contribution in [2.24, 2.45) is 0 Å². The van der Waals surface area contributed by atoms with E-state index in [0.29, 0.717) is 12.2 Å². The minimum atomic E-state index is -0.104. The van der Waals surface area contributed by atoms with E-state index in [0.717, 1.165) is 30.6 Å². The monoisotopic (exact) mass is 330 g/mol. The Hall–Kier alpha value is -2.28. The lowest BCUT2D eigenvalue weighted by atomic mass is 10.1. The van der Waals surface area contributed by atoms with Crippen LogP contribution in [0.3, 0.4) is 0 Å². The fourth-order valence-electron chi connectivity index (χ4n) is 2.75. The number of amides is 2. The number of nitrogens with zero attached hydrogens (tertiary/aromatic N) is 3. The summed E-state index contributed by atoms with van der Waals surface area (Å²) in [5.74, 6) is -0.0601. The number of hydrogen-bond acceptors (Lipinski definition) is 5. The Kier molecular flexibility index (Phi) is 4.66. The molecule has 2 amide bonds. The zero-order chi connectivity index (χ0) is 16.2. The molecular formula is C16H18N4O2S. The van der Waals surface area contributed by atoms with Gasteiger partial charge >= 0.3 is 0 Å². The fraction of sp³-hybridized carbons (Fsp3) is 0.375. The van der Waals surface area contributed by atoms with Crippen LogP contribution in [0.1, 0.15) is 47.6 Å². The molecule has 0 radical (unpaired) electrons. The van der Waals surface area contributed by atoms with Gasteiger partial charge in [0.1, 0.15) is 0 Å². The first-order valence-corrected chi connectivity index (χ1v) is 8.48. The number of nitrogens with one attached hydrogen (secondary N) is 1. The third-order valence-electron chi connectivity index (χ3n) is 3.84. The minimum Gasteiger partial charge on any atom is -0.351 e. The summed E-state index contributed by atoms with van der Waals surface area (Å²) in [4.78, 5) is 34.3. The average Bonchev–Trinajstić information content (AvgIpc) is 3.23. The summed E-state index contributed by atoms with van der Waals surface area (Å²) in [5, 5.41) is 6.50. The van der Waals surface area contributed by atoms with Crippen molar-refractivity contribution in [2.75, 3.05) is 6.54 Å². The first kappa shape index (κ1) is 15.6. The Morgan fingerprint density at radius 2 is 2.30 bits per heavy atom. The third-order valence-corrected chi connectivity index (χ3v) is 4.53. The second-order valence-corrected chi connectivity index (χ2v) is 6.29. The lowest BCUT2D eigenvalue weighted by molar-refractivity contribution is -0.119. The predicted molar refractivity (Wildman–Crippen MR) is 86.9 cm³/mol. The Morgan fingerprint density at radius 3 is 3.04 bits per heavy atom. The van der Waals surface area contributed by atoms with E-state index in [2.05, 4.69) is 15.3 Å². The average molecular weight is 330 g/mol. The van der Waals surface area contributed by atoms with E-state index in [1.54, 1.807) is 12.4 Å². The highest BCUT2D eigenvalue weighted by molar-refractivity contribution is 7.08. The van der Waals surface area contributed by atoms with Crippen molar-refractivity contribution in [3.05, 3.63) is 46.2 Å². The van der Waals surface area contributed by atoms with Crippen molar-refractivity contribution < 1.29 is 9.59 Å². The molecule has 3 heterocycles. The molecule has 0 bridgehead atoms. The van der Waals surface area contributed by atoms with E-state index in [1.807, 2.05) is 21.7 Å². The van der Waals surface area contributed by atoms with Crippen molar-refractivity contribution in [1.29, 1.82) is 0 Å². The van der Waals surface area contributed by atoms with Crippen LogP contribution >= 0.6 is 11.3 Å². The lowest BCUT2D eigenvalue weighted by Crippen LogP contribution is -2.31. The van der Waals surface area contributed by atoms with Crippen LogP contribution in [0, 0.1) is 0 Å². The molecule has 0 spiro atoms. The van der Waals surface area contributed by atoms with Gasteiger partial charge in [-0.25, -0.2) is 0 Å².